The molecule has 0 aliphatic heterocycles. The zero-order valence-corrected chi connectivity index (χ0v) is 12.7. The minimum atomic E-state index is 0.379. The molecule has 0 bridgehead atoms. The molecule has 4 rings (SSSR count). The van der Waals surface area contributed by atoms with Crippen molar-refractivity contribution >= 4 is 5.78 Å². The van der Waals surface area contributed by atoms with E-state index in [4.69, 9.17) is 0 Å². The molecule has 0 radical (unpaired) electrons. The molecule has 4 aliphatic carbocycles. The maximum Gasteiger partial charge on any atom is 0.155 e. The van der Waals surface area contributed by atoms with Gasteiger partial charge in [0.25, 0.3) is 0 Å². The van der Waals surface area contributed by atoms with Crippen LogP contribution in [0.25, 0.3) is 0 Å². The van der Waals surface area contributed by atoms with Gasteiger partial charge in [0.05, 0.1) is 0 Å². The van der Waals surface area contributed by atoms with Gasteiger partial charge in [-0.25, -0.2) is 0 Å². The predicted molar refractivity (Wildman–Crippen MR) is 81.2 cm³/mol. The summed E-state index contributed by atoms with van der Waals surface area (Å²) < 4.78 is 0. The van der Waals surface area contributed by atoms with E-state index < -0.39 is 0 Å². The molecule has 0 saturated heterocycles. The molecule has 20 heavy (non-hydrogen) atoms. The van der Waals surface area contributed by atoms with Crippen molar-refractivity contribution in [3.63, 3.8) is 0 Å². The van der Waals surface area contributed by atoms with E-state index in [1.807, 2.05) is 6.08 Å². The van der Waals surface area contributed by atoms with Crippen LogP contribution >= 0.6 is 0 Å². The van der Waals surface area contributed by atoms with E-state index in [-0.39, 0.29) is 0 Å². The van der Waals surface area contributed by atoms with Crippen LogP contribution in [0, 0.1) is 29.1 Å². The fourth-order valence-electron chi connectivity index (χ4n) is 6.09. The van der Waals surface area contributed by atoms with Gasteiger partial charge in [-0.05, 0) is 80.1 Å². The maximum absolute atomic E-state index is 11.7. The summed E-state index contributed by atoms with van der Waals surface area (Å²) in [5, 5.41) is 0. The summed E-state index contributed by atoms with van der Waals surface area (Å²) in [7, 11) is 0. The first-order valence-electron chi connectivity index (χ1n) is 8.51. The fourth-order valence-corrected chi connectivity index (χ4v) is 6.09. The molecule has 0 aromatic carbocycles. The molecule has 3 saturated carbocycles. The second-order valence-corrected chi connectivity index (χ2v) is 7.90. The third-order valence-electron chi connectivity index (χ3n) is 7.25. The van der Waals surface area contributed by atoms with Gasteiger partial charge in [0.1, 0.15) is 0 Å². The standard InChI is InChI=1S/C19H26O/c1-12-3-8-18-17-6-4-13-11-14(20)5-7-15(13)16(17)9-10-19(12,18)2/h11,15-18H,1,3-10H2,2H3/t15-,16+,17+,18-,19+/m0/s1. The molecule has 0 amide bonds. The van der Waals surface area contributed by atoms with E-state index in [9.17, 15) is 4.79 Å². The van der Waals surface area contributed by atoms with Gasteiger partial charge in [-0.3, -0.25) is 4.79 Å². The summed E-state index contributed by atoms with van der Waals surface area (Å²) in [4.78, 5) is 11.7. The van der Waals surface area contributed by atoms with Crippen molar-refractivity contribution in [1.29, 1.82) is 0 Å². The SMILES string of the molecule is C=C1CC[C@H]2[C@@H]3CCC4=CC(=O)CC[C@@H]4[C@H]3CC[C@]12C. The summed E-state index contributed by atoms with van der Waals surface area (Å²) in [6.07, 6.45) is 11.8. The molecule has 0 aromatic rings. The molecule has 5 atom stereocenters. The predicted octanol–water partition coefficient (Wildman–Crippen LogP) is 4.68. The zero-order chi connectivity index (χ0) is 13.9. The van der Waals surface area contributed by atoms with Crippen LogP contribution in [-0.4, -0.2) is 5.78 Å². The van der Waals surface area contributed by atoms with Crippen LogP contribution in [0.5, 0.6) is 0 Å². The van der Waals surface area contributed by atoms with Gasteiger partial charge >= 0.3 is 0 Å². The Balaban J connectivity index is 1.65. The average Bonchev–Trinajstić information content (AvgIpc) is 2.74. The van der Waals surface area contributed by atoms with Gasteiger partial charge < -0.3 is 0 Å². The first-order chi connectivity index (χ1) is 9.59. The molecule has 0 heterocycles. The van der Waals surface area contributed by atoms with Crippen molar-refractivity contribution in [3.8, 4) is 0 Å². The normalized spacial score (nSPS) is 47.4. The van der Waals surface area contributed by atoms with Gasteiger partial charge in [0.2, 0.25) is 0 Å². The van der Waals surface area contributed by atoms with Crippen molar-refractivity contribution in [2.45, 2.75) is 58.3 Å². The lowest BCUT2D eigenvalue weighted by Crippen LogP contribution is -2.44. The molecule has 0 aromatic heterocycles. The van der Waals surface area contributed by atoms with E-state index >= 15 is 0 Å². The van der Waals surface area contributed by atoms with Crippen molar-refractivity contribution < 1.29 is 4.79 Å². The van der Waals surface area contributed by atoms with Crippen LogP contribution in [-0.2, 0) is 4.79 Å². The van der Waals surface area contributed by atoms with Crippen molar-refractivity contribution in [1.82, 2.24) is 0 Å². The van der Waals surface area contributed by atoms with Crippen LogP contribution in [0.1, 0.15) is 58.3 Å². The molecule has 1 nitrogen and oxygen atoms in total. The monoisotopic (exact) mass is 270 g/mol. The fraction of sp³-hybridized carbons (Fsp3) is 0.737. The number of ketones is 1. The molecular weight excluding hydrogens is 244 g/mol. The third-order valence-corrected chi connectivity index (χ3v) is 7.25. The highest BCUT2D eigenvalue weighted by molar-refractivity contribution is 5.91. The smallest absolute Gasteiger partial charge is 0.155 e. The van der Waals surface area contributed by atoms with Gasteiger partial charge in [-0.1, -0.05) is 24.6 Å². The first kappa shape index (κ1) is 12.9. The van der Waals surface area contributed by atoms with Gasteiger partial charge in [0, 0.05) is 6.42 Å². The van der Waals surface area contributed by atoms with E-state index in [0.29, 0.717) is 11.2 Å². The Labute approximate surface area is 122 Å². The van der Waals surface area contributed by atoms with E-state index in [1.165, 1.54) is 49.7 Å². The summed E-state index contributed by atoms with van der Waals surface area (Å²) in [6.45, 7) is 6.87. The Hall–Kier alpha value is -0.850. The van der Waals surface area contributed by atoms with Crippen LogP contribution in [0.4, 0.5) is 0 Å². The number of rotatable bonds is 0. The Bertz CT molecular complexity index is 500. The Morgan fingerprint density at radius 1 is 1.10 bits per heavy atom. The lowest BCUT2D eigenvalue weighted by molar-refractivity contribution is -0.115. The molecule has 4 aliphatic rings. The topological polar surface area (TPSA) is 17.1 Å². The average molecular weight is 270 g/mol. The minimum Gasteiger partial charge on any atom is -0.295 e. The summed E-state index contributed by atoms with van der Waals surface area (Å²) in [6, 6.07) is 0. The number of hydrogen-bond acceptors (Lipinski definition) is 1. The number of fused-ring (bicyclic) bond motifs is 5. The lowest BCUT2D eigenvalue weighted by Gasteiger charge is -2.53. The summed E-state index contributed by atoms with van der Waals surface area (Å²) in [5.41, 5.74) is 3.47. The first-order valence-corrected chi connectivity index (χ1v) is 8.51. The van der Waals surface area contributed by atoms with Crippen LogP contribution < -0.4 is 0 Å². The van der Waals surface area contributed by atoms with Crippen LogP contribution in [0.15, 0.2) is 23.8 Å². The highest BCUT2D eigenvalue weighted by atomic mass is 16.1. The maximum atomic E-state index is 11.7. The van der Waals surface area contributed by atoms with E-state index in [1.54, 1.807) is 0 Å². The van der Waals surface area contributed by atoms with Crippen molar-refractivity contribution in [2.24, 2.45) is 29.1 Å². The van der Waals surface area contributed by atoms with Crippen LogP contribution in [0.2, 0.25) is 0 Å². The van der Waals surface area contributed by atoms with E-state index in [2.05, 4.69) is 13.5 Å². The zero-order valence-electron chi connectivity index (χ0n) is 12.7. The van der Waals surface area contributed by atoms with Gasteiger partial charge in [-0.2, -0.15) is 0 Å². The number of carbonyl (C=O) groups is 1. The quantitative estimate of drug-likeness (QED) is 0.584. The Morgan fingerprint density at radius 2 is 1.95 bits per heavy atom. The third kappa shape index (κ3) is 1.64. The number of allylic oxidation sites excluding steroid dienone is 2. The van der Waals surface area contributed by atoms with Gasteiger partial charge in [0.15, 0.2) is 5.78 Å². The Kier molecular flexibility index (Phi) is 2.78. The molecule has 0 unspecified atom stereocenters. The van der Waals surface area contributed by atoms with E-state index in [0.717, 1.165) is 36.5 Å². The lowest BCUT2D eigenvalue weighted by atomic mass is 9.52. The second kappa shape index (κ2) is 4.32. The van der Waals surface area contributed by atoms with Gasteiger partial charge in [-0.15, -0.1) is 0 Å². The molecule has 3 fully saturated rings. The highest BCUT2D eigenvalue weighted by Gasteiger charge is 2.53. The van der Waals surface area contributed by atoms with Crippen molar-refractivity contribution in [3.05, 3.63) is 23.8 Å². The Morgan fingerprint density at radius 3 is 2.80 bits per heavy atom. The molecule has 1 heteroatoms. The van der Waals surface area contributed by atoms with Crippen LogP contribution in [0.3, 0.4) is 0 Å². The van der Waals surface area contributed by atoms with Crippen molar-refractivity contribution in [2.75, 3.05) is 0 Å². The summed E-state index contributed by atoms with van der Waals surface area (Å²) >= 11 is 0. The number of carbonyl (C=O) groups excluding carboxylic acids is 1. The molecule has 0 spiro atoms. The highest BCUT2D eigenvalue weighted by Crippen LogP contribution is 2.63. The molecule has 0 N–H and O–H groups in total. The second-order valence-electron chi connectivity index (χ2n) is 7.90. The molecule has 108 valence electrons. The minimum absolute atomic E-state index is 0.379. The summed E-state index contributed by atoms with van der Waals surface area (Å²) in [5.74, 6) is 3.78. The molecular formula is C19H26O. The number of hydrogen-bond donors (Lipinski definition) is 0. The largest absolute Gasteiger partial charge is 0.295 e.